The fraction of sp³-hybridized carbons (Fsp3) is 0.125. The second-order valence-corrected chi connectivity index (χ2v) is 6.98. The van der Waals surface area contributed by atoms with Crippen molar-refractivity contribution in [2.24, 2.45) is 0 Å². The maximum Gasteiger partial charge on any atom is 0.262 e. The van der Waals surface area contributed by atoms with E-state index in [9.17, 15) is 4.79 Å². The lowest BCUT2D eigenvalue weighted by Crippen LogP contribution is -2.20. The summed E-state index contributed by atoms with van der Waals surface area (Å²) in [6.45, 7) is 1.74. The van der Waals surface area contributed by atoms with E-state index in [0.717, 1.165) is 10.3 Å². The van der Waals surface area contributed by atoms with Gasteiger partial charge >= 0.3 is 0 Å². The molecule has 0 saturated heterocycles. The van der Waals surface area contributed by atoms with Crippen molar-refractivity contribution < 1.29 is 9.53 Å². The van der Waals surface area contributed by atoms with Gasteiger partial charge in [-0.05, 0) is 42.8 Å². The number of nitrogens with zero attached hydrogens (tertiary/aromatic N) is 1. The second kappa shape index (κ2) is 6.84. The van der Waals surface area contributed by atoms with Crippen molar-refractivity contribution in [1.29, 1.82) is 0 Å². The van der Waals surface area contributed by atoms with Crippen LogP contribution in [0.4, 0.5) is 10.8 Å². The number of halogens is 2. The zero-order chi connectivity index (χ0) is 17.3. The maximum absolute atomic E-state index is 12.0. The first-order chi connectivity index (χ1) is 11.4. The molecule has 0 aliphatic rings. The minimum atomic E-state index is -0.296. The number of hydrogen-bond acceptors (Lipinski definition) is 5. The van der Waals surface area contributed by atoms with E-state index in [1.165, 1.54) is 11.3 Å². The summed E-state index contributed by atoms with van der Waals surface area (Å²) in [6, 6.07) is 8.63. The average Bonchev–Trinajstić information content (AvgIpc) is 2.89. The first-order valence-electron chi connectivity index (χ1n) is 6.97. The van der Waals surface area contributed by atoms with Gasteiger partial charge in [0, 0.05) is 10.7 Å². The molecule has 1 amide bonds. The van der Waals surface area contributed by atoms with Crippen LogP contribution in [0.5, 0.6) is 5.75 Å². The number of nitrogen functional groups attached to an aromatic ring is 1. The third-order valence-corrected chi connectivity index (χ3v) is 4.79. The van der Waals surface area contributed by atoms with Gasteiger partial charge in [0.1, 0.15) is 11.3 Å². The lowest BCUT2D eigenvalue weighted by Gasteiger charge is -2.09. The van der Waals surface area contributed by atoms with Gasteiger partial charge in [-0.25, -0.2) is 4.98 Å². The number of carbonyl (C=O) groups is 1. The van der Waals surface area contributed by atoms with Crippen LogP contribution in [0.1, 0.15) is 5.56 Å². The predicted molar refractivity (Wildman–Crippen MR) is 99.4 cm³/mol. The highest BCUT2D eigenvalue weighted by Gasteiger charge is 2.10. The van der Waals surface area contributed by atoms with E-state index in [1.54, 1.807) is 30.3 Å². The average molecular weight is 382 g/mol. The number of thiazole rings is 1. The Kier molecular flexibility index (Phi) is 4.80. The van der Waals surface area contributed by atoms with E-state index in [0.29, 0.717) is 32.1 Å². The summed E-state index contributed by atoms with van der Waals surface area (Å²) in [4.78, 5) is 16.2. The Morgan fingerprint density at radius 3 is 2.83 bits per heavy atom. The summed E-state index contributed by atoms with van der Waals surface area (Å²) < 4.78 is 6.27. The molecule has 124 valence electrons. The molecule has 0 aliphatic heterocycles. The quantitative estimate of drug-likeness (QED) is 0.696. The third-order valence-electron chi connectivity index (χ3n) is 3.25. The number of ether oxygens (including phenoxy) is 1. The first-order valence-corrected chi connectivity index (χ1v) is 8.54. The summed E-state index contributed by atoms with van der Waals surface area (Å²) in [5.74, 6) is 0.284. The van der Waals surface area contributed by atoms with Crippen LogP contribution < -0.4 is 15.8 Å². The summed E-state index contributed by atoms with van der Waals surface area (Å²) in [5.41, 5.74) is 7.76. The van der Waals surface area contributed by atoms with Gasteiger partial charge in [0.2, 0.25) is 0 Å². The molecular weight excluding hydrogens is 369 g/mol. The molecule has 0 fully saturated rings. The highest BCUT2D eigenvalue weighted by Crippen LogP contribution is 2.32. The van der Waals surface area contributed by atoms with Gasteiger partial charge in [0.15, 0.2) is 11.7 Å². The normalized spacial score (nSPS) is 10.8. The zero-order valence-electron chi connectivity index (χ0n) is 12.6. The number of carbonyl (C=O) groups excluding carboxylic acids is 1. The van der Waals surface area contributed by atoms with Crippen molar-refractivity contribution >= 4 is 61.5 Å². The van der Waals surface area contributed by atoms with Gasteiger partial charge in [-0.3, -0.25) is 4.79 Å². The fourth-order valence-corrected chi connectivity index (χ4v) is 3.37. The molecule has 3 rings (SSSR count). The van der Waals surface area contributed by atoms with Gasteiger partial charge in [-0.15, -0.1) is 0 Å². The Morgan fingerprint density at radius 2 is 2.08 bits per heavy atom. The molecule has 24 heavy (non-hydrogen) atoms. The molecule has 3 N–H and O–H groups in total. The molecule has 0 atom stereocenters. The minimum absolute atomic E-state index is 0.123. The van der Waals surface area contributed by atoms with E-state index in [-0.39, 0.29) is 12.5 Å². The zero-order valence-corrected chi connectivity index (χ0v) is 14.9. The number of fused-ring (bicyclic) bond motifs is 1. The van der Waals surface area contributed by atoms with Gasteiger partial charge in [-0.1, -0.05) is 34.5 Å². The Balaban J connectivity index is 1.67. The van der Waals surface area contributed by atoms with Crippen LogP contribution >= 0.6 is 34.5 Å². The summed E-state index contributed by atoms with van der Waals surface area (Å²) in [7, 11) is 0. The summed E-state index contributed by atoms with van der Waals surface area (Å²) in [6.07, 6.45) is 0. The Labute approximate surface area is 152 Å². The summed E-state index contributed by atoms with van der Waals surface area (Å²) in [5, 5.41) is 4.26. The fourth-order valence-electron chi connectivity index (χ4n) is 2.13. The molecule has 0 bridgehead atoms. The van der Waals surface area contributed by atoms with Crippen LogP contribution in [0.2, 0.25) is 10.0 Å². The SMILES string of the molecule is Cc1cc(OCC(=O)Nc2cc(Cl)c3nc(N)sc3c2)ccc1Cl. The number of hydrogen-bond donors (Lipinski definition) is 2. The Bertz CT molecular complexity index is 927. The molecule has 0 saturated carbocycles. The third kappa shape index (κ3) is 3.72. The topological polar surface area (TPSA) is 77.2 Å². The molecule has 5 nitrogen and oxygen atoms in total. The Morgan fingerprint density at radius 1 is 1.29 bits per heavy atom. The van der Waals surface area contributed by atoms with Crippen LogP contribution in [-0.4, -0.2) is 17.5 Å². The van der Waals surface area contributed by atoms with Gasteiger partial charge < -0.3 is 15.8 Å². The number of benzene rings is 2. The van der Waals surface area contributed by atoms with Crippen molar-refractivity contribution in [3.8, 4) is 5.75 Å². The van der Waals surface area contributed by atoms with Crippen LogP contribution in [0.3, 0.4) is 0 Å². The molecule has 1 aromatic heterocycles. The van der Waals surface area contributed by atoms with Gasteiger partial charge in [0.25, 0.3) is 5.91 Å². The standard InChI is InChI=1S/C16H13Cl2N3O2S/c1-8-4-10(2-3-11(8)17)23-7-14(22)20-9-5-12(18)15-13(6-9)24-16(19)21-15/h2-6H,7H2,1H3,(H2,19,21)(H,20,22). The van der Waals surface area contributed by atoms with Crippen molar-refractivity contribution in [3.63, 3.8) is 0 Å². The monoisotopic (exact) mass is 381 g/mol. The molecule has 0 aliphatic carbocycles. The molecule has 2 aromatic carbocycles. The molecular formula is C16H13Cl2N3O2S. The molecule has 0 unspecified atom stereocenters. The van der Waals surface area contributed by atoms with Gasteiger partial charge in [-0.2, -0.15) is 0 Å². The molecule has 8 heteroatoms. The first kappa shape index (κ1) is 16.8. The number of nitrogens with two attached hydrogens (primary N) is 1. The number of aromatic nitrogens is 1. The van der Waals surface area contributed by atoms with Crippen LogP contribution in [0, 0.1) is 6.92 Å². The highest BCUT2D eigenvalue weighted by atomic mass is 35.5. The highest BCUT2D eigenvalue weighted by molar-refractivity contribution is 7.22. The number of anilines is 2. The largest absolute Gasteiger partial charge is 0.484 e. The van der Waals surface area contributed by atoms with Crippen LogP contribution in [0.15, 0.2) is 30.3 Å². The number of nitrogens with one attached hydrogen (secondary N) is 1. The van der Waals surface area contributed by atoms with Crippen molar-refractivity contribution in [3.05, 3.63) is 45.9 Å². The van der Waals surface area contributed by atoms with E-state index in [2.05, 4.69) is 10.3 Å². The molecule has 0 spiro atoms. The Hall–Kier alpha value is -2.02. The van der Waals surface area contributed by atoms with E-state index < -0.39 is 0 Å². The number of rotatable bonds is 4. The lowest BCUT2D eigenvalue weighted by atomic mass is 10.2. The van der Waals surface area contributed by atoms with Gasteiger partial charge in [0.05, 0.1) is 9.72 Å². The maximum atomic E-state index is 12.0. The van der Waals surface area contributed by atoms with Crippen molar-refractivity contribution in [2.45, 2.75) is 6.92 Å². The smallest absolute Gasteiger partial charge is 0.262 e. The van der Waals surface area contributed by atoms with E-state index in [4.69, 9.17) is 33.7 Å². The molecule has 3 aromatic rings. The van der Waals surface area contributed by atoms with E-state index >= 15 is 0 Å². The number of aryl methyl sites for hydroxylation is 1. The second-order valence-electron chi connectivity index (χ2n) is 5.10. The minimum Gasteiger partial charge on any atom is -0.484 e. The number of amides is 1. The summed E-state index contributed by atoms with van der Waals surface area (Å²) >= 11 is 13.4. The molecule has 1 heterocycles. The van der Waals surface area contributed by atoms with Crippen LogP contribution in [-0.2, 0) is 4.79 Å². The predicted octanol–water partition coefficient (Wildman–Crippen LogP) is 4.51. The lowest BCUT2D eigenvalue weighted by molar-refractivity contribution is -0.118. The molecule has 0 radical (unpaired) electrons. The van der Waals surface area contributed by atoms with Crippen LogP contribution in [0.25, 0.3) is 10.2 Å². The van der Waals surface area contributed by atoms with Crippen molar-refractivity contribution in [1.82, 2.24) is 4.98 Å². The van der Waals surface area contributed by atoms with Crippen molar-refractivity contribution in [2.75, 3.05) is 17.7 Å². The van der Waals surface area contributed by atoms with E-state index in [1.807, 2.05) is 6.92 Å².